The lowest BCUT2D eigenvalue weighted by Crippen LogP contribution is -2.29. The second-order valence-corrected chi connectivity index (χ2v) is 6.39. The highest BCUT2D eigenvalue weighted by atomic mass is 19.4. The van der Waals surface area contributed by atoms with Crippen LogP contribution in [0.1, 0.15) is 26.3 Å². The van der Waals surface area contributed by atoms with Gasteiger partial charge in [0, 0.05) is 16.7 Å². The van der Waals surface area contributed by atoms with E-state index < -0.39 is 28.9 Å². The number of allylic oxidation sites excluding steroid dienone is 2. The number of para-hydroxylation sites is 1. The first-order chi connectivity index (χ1) is 13.9. The molecular formula is C23H13F3O3. The van der Waals surface area contributed by atoms with Crippen molar-refractivity contribution in [3.05, 3.63) is 101 Å². The lowest BCUT2D eigenvalue weighted by molar-refractivity contribution is -0.0883. The summed E-state index contributed by atoms with van der Waals surface area (Å²) < 4.78 is 47.0. The van der Waals surface area contributed by atoms with Crippen molar-refractivity contribution in [1.82, 2.24) is 0 Å². The summed E-state index contributed by atoms with van der Waals surface area (Å²) in [6.07, 6.45) is -4.98. The van der Waals surface area contributed by atoms with Gasteiger partial charge in [0.05, 0.1) is 0 Å². The highest BCUT2D eigenvalue weighted by Crippen LogP contribution is 2.41. The number of ketones is 2. The molecule has 0 spiro atoms. The van der Waals surface area contributed by atoms with Crippen molar-refractivity contribution in [3.63, 3.8) is 0 Å². The number of alkyl halides is 3. The number of benzene rings is 3. The van der Waals surface area contributed by atoms with E-state index in [0.717, 1.165) is 0 Å². The van der Waals surface area contributed by atoms with Crippen LogP contribution in [0.3, 0.4) is 0 Å². The van der Waals surface area contributed by atoms with Gasteiger partial charge >= 0.3 is 6.18 Å². The van der Waals surface area contributed by atoms with Crippen LogP contribution in [0.15, 0.2) is 84.4 Å². The molecule has 3 aromatic carbocycles. The molecule has 0 heterocycles. The van der Waals surface area contributed by atoms with Gasteiger partial charge in [-0.05, 0) is 29.8 Å². The third-order valence-corrected chi connectivity index (χ3v) is 4.51. The van der Waals surface area contributed by atoms with Gasteiger partial charge in [-0.3, -0.25) is 9.59 Å². The molecule has 3 nitrogen and oxygen atoms in total. The largest absolute Gasteiger partial charge is 0.457 e. The molecule has 0 radical (unpaired) electrons. The van der Waals surface area contributed by atoms with E-state index in [-0.39, 0.29) is 22.4 Å². The Bertz CT molecular complexity index is 1150. The van der Waals surface area contributed by atoms with Crippen LogP contribution in [0.2, 0.25) is 0 Å². The molecule has 3 aromatic rings. The Labute approximate surface area is 164 Å². The van der Waals surface area contributed by atoms with Crippen LogP contribution in [0, 0.1) is 0 Å². The summed E-state index contributed by atoms with van der Waals surface area (Å²) in [7, 11) is 0. The fourth-order valence-corrected chi connectivity index (χ4v) is 3.26. The zero-order valence-corrected chi connectivity index (χ0v) is 14.9. The van der Waals surface area contributed by atoms with Crippen LogP contribution in [-0.4, -0.2) is 17.7 Å². The van der Waals surface area contributed by atoms with E-state index in [0.29, 0.717) is 5.75 Å². The number of hydrogen-bond acceptors (Lipinski definition) is 3. The molecular weight excluding hydrogens is 381 g/mol. The van der Waals surface area contributed by atoms with E-state index in [1.165, 1.54) is 42.5 Å². The van der Waals surface area contributed by atoms with Crippen molar-refractivity contribution in [2.75, 3.05) is 0 Å². The SMILES string of the molecule is O=C1C(c2cccc(Oc3ccccc3)c2)=C(C(F)(F)F)C(=O)c2ccccc21. The Kier molecular flexibility index (Phi) is 4.54. The number of halogens is 3. The van der Waals surface area contributed by atoms with Crippen molar-refractivity contribution in [1.29, 1.82) is 0 Å². The van der Waals surface area contributed by atoms with Crippen LogP contribution < -0.4 is 4.74 Å². The molecule has 0 bridgehead atoms. The highest BCUT2D eigenvalue weighted by Gasteiger charge is 2.47. The molecule has 29 heavy (non-hydrogen) atoms. The molecule has 1 aliphatic rings. The van der Waals surface area contributed by atoms with Crippen LogP contribution in [0.5, 0.6) is 11.5 Å². The van der Waals surface area contributed by atoms with Gasteiger partial charge in [-0.1, -0.05) is 54.6 Å². The van der Waals surface area contributed by atoms with Gasteiger partial charge in [-0.15, -0.1) is 0 Å². The minimum Gasteiger partial charge on any atom is -0.457 e. The standard InChI is InChI=1S/C23H13F3O3/c24-23(25,26)20-19(21(27)17-11-4-5-12-18(17)22(20)28)14-7-6-10-16(13-14)29-15-8-2-1-3-9-15/h1-13H. The Morgan fingerprint density at radius 2 is 1.24 bits per heavy atom. The van der Waals surface area contributed by atoms with Gasteiger partial charge in [0.2, 0.25) is 0 Å². The molecule has 0 aromatic heterocycles. The summed E-state index contributed by atoms with van der Waals surface area (Å²) in [4.78, 5) is 25.5. The fourth-order valence-electron chi connectivity index (χ4n) is 3.26. The molecule has 0 aliphatic heterocycles. The summed E-state index contributed by atoms with van der Waals surface area (Å²) in [5.41, 5.74) is -2.45. The van der Waals surface area contributed by atoms with E-state index >= 15 is 0 Å². The fraction of sp³-hybridized carbons (Fsp3) is 0.0435. The minimum absolute atomic E-state index is 0.0291. The zero-order chi connectivity index (χ0) is 20.6. The molecule has 4 rings (SSSR count). The normalized spacial score (nSPS) is 14.0. The Balaban J connectivity index is 1.86. The maximum absolute atomic E-state index is 13.8. The van der Waals surface area contributed by atoms with Gasteiger partial charge in [-0.25, -0.2) is 0 Å². The lowest BCUT2D eigenvalue weighted by atomic mass is 9.81. The van der Waals surface area contributed by atoms with Crippen LogP contribution in [-0.2, 0) is 0 Å². The molecule has 0 saturated carbocycles. The second kappa shape index (κ2) is 7.05. The number of carbonyl (C=O) groups is 2. The van der Waals surface area contributed by atoms with E-state index in [1.54, 1.807) is 36.4 Å². The van der Waals surface area contributed by atoms with Crippen molar-refractivity contribution in [3.8, 4) is 11.5 Å². The van der Waals surface area contributed by atoms with Crippen molar-refractivity contribution in [2.24, 2.45) is 0 Å². The molecule has 144 valence electrons. The van der Waals surface area contributed by atoms with Crippen molar-refractivity contribution >= 4 is 17.1 Å². The number of hydrogen-bond donors (Lipinski definition) is 0. The van der Waals surface area contributed by atoms with Crippen molar-refractivity contribution in [2.45, 2.75) is 6.18 Å². The second-order valence-electron chi connectivity index (χ2n) is 6.39. The maximum Gasteiger partial charge on any atom is 0.420 e. The Morgan fingerprint density at radius 3 is 1.90 bits per heavy atom. The van der Waals surface area contributed by atoms with Crippen LogP contribution in [0.25, 0.3) is 5.57 Å². The number of fused-ring (bicyclic) bond motifs is 1. The first-order valence-electron chi connectivity index (χ1n) is 8.69. The van der Waals surface area contributed by atoms with Crippen LogP contribution in [0.4, 0.5) is 13.2 Å². The van der Waals surface area contributed by atoms with Gasteiger partial charge in [0.25, 0.3) is 0 Å². The first-order valence-corrected chi connectivity index (χ1v) is 8.69. The molecule has 0 saturated heterocycles. The number of rotatable bonds is 3. The van der Waals surface area contributed by atoms with Gasteiger partial charge < -0.3 is 4.74 Å². The smallest absolute Gasteiger partial charge is 0.420 e. The highest BCUT2D eigenvalue weighted by molar-refractivity contribution is 6.41. The third-order valence-electron chi connectivity index (χ3n) is 4.51. The Hall–Kier alpha value is -3.67. The van der Waals surface area contributed by atoms with Crippen molar-refractivity contribution < 1.29 is 27.5 Å². The average molecular weight is 394 g/mol. The predicted molar refractivity (Wildman–Crippen MR) is 101 cm³/mol. The summed E-state index contributed by atoms with van der Waals surface area (Å²) in [5, 5.41) is 0. The van der Waals surface area contributed by atoms with Crippen LogP contribution >= 0.6 is 0 Å². The van der Waals surface area contributed by atoms with Gasteiger partial charge in [-0.2, -0.15) is 13.2 Å². The number of Topliss-reactive ketones (excluding diaryl/α,β-unsaturated/α-hetero) is 2. The lowest BCUT2D eigenvalue weighted by Gasteiger charge is -2.23. The third kappa shape index (κ3) is 3.45. The first kappa shape index (κ1) is 18.7. The molecule has 0 fully saturated rings. The van der Waals surface area contributed by atoms with E-state index in [1.807, 2.05) is 0 Å². The molecule has 1 aliphatic carbocycles. The molecule has 0 N–H and O–H groups in total. The summed E-state index contributed by atoms with van der Waals surface area (Å²) in [5.74, 6) is -1.31. The predicted octanol–water partition coefficient (Wildman–Crippen LogP) is 5.87. The minimum atomic E-state index is -4.98. The van der Waals surface area contributed by atoms with E-state index in [2.05, 4.69) is 0 Å². The topological polar surface area (TPSA) is 43.4 Å². The monoisotopic (exact) mass is 394 g/mol. The summed E-state index contributed by atoms with van der Waals surface area (Å²) >= 11 is 0. The molecule has 6 heteroatoms. The quantitative estimate of drug-likeness (QED) is 0.558. The van der Waals surface area contributed by atoms with E-state index in [4.69, 9.17) is 4.74 Å². The van der Waals surface area contributed by atoms with Gasteiger partial charge in [0.15, 0.2) is 11.6 Å². The molecule has 0 atom stereocenters. The summed E-state index contributed by atoms with van der Waals surface area (Å²) in [6.45, 7) is 0. The number of ether oxygens (including phenoxy) is 1. The van der Waals surface area contributed by atoms with Gasteiger partial charge in [0.1, 0.15) is 17.1 Å². The maximum atomic E-state index is 13.8. The molecule has 0 unspecified atom stereocenters. The average Bonchev–Trinajstić information content (AvgIpc) is 2.70. The molecule has 0 amide bonds. The number of carbonyl (C=O) groups excluding carboxylic acids is 2. The van der Waals surface area contributed by atoms with E-state index in [9.17, 15) is 22.8 Å². The summed E-state index contributed by atoms with van der Waals surface area (Å²) in [6, 6.07) is 19.9. The zero-order valence-electron chi connectivity index (χ0n) is 14.9. The Morgan fingerprint density at radius 1 is 0.655 bits per heavy atom.